The van der Waals surface area contributed by atoms with Gasteiger partial charge in [-0.1, -0.05) is 6.07 Å². The fourth-order valence-corrected chi connectivity index (χ4v) is 3.00. The lowest BCUT2D eigenvalue weighted by atomic mass is 10.0. The summed E-state index contributed by atoms with van der Waals surface area (Å²) >= 11 is 0. The van der Waals surface area contributed by atoms with Crippen molar-refractivity contribution < 1.29 is 13.9 Å². The number of benzene rings is 1. The molecule has 4 rings (SSSR count). The van der Waals surface area contributed by atoms with Crippen molar-refractivity contribution >= 4 is 16.8 Å². The van der Waals surface area contributed by atoms with Crippen molar-refractivity contribution in [2.75, 3.05) is 19.8 Å². The molecule has 7 heteroatoms. The minimum absolute atomic E-state index is 0.229. The Morgan fingerprint density at radius 2 is 2.24 bits per heavy atom. The molecule has 1 amide bonds. The highest BCUT2D eigenvalue weighted by atomic mass is 19.1. The average Bonchev–Trinajstić information content (AvgIpc) is 3.28. The van der Waals surface area contributed by atoms with Crippen LogP contribution in [-0.4, -0.2) is 40.8 Å². The Balaban J connectivity index is 1.61. The molecule has 0 bridgehead atoms. The normalized spacial score (nSPS) is 17.1. The SMILES string of the molecule is O=C(NCC1CCOC1)c1n[nH]c2ccc(-c3cncc(F)c3)cc12. The zero-order valence-corrected chi connectivity index (χ0v) is 13.5. The second-order valence-electron chi connectivity index (χ2n) is 6.16. The van der Waals surface area contributed by atoms with E-state index in [4.69, 9.17) is 4.74 Å². The monoisotopic (exact) mass is 340 g/mol. The number of carbonyl (C=O) groups is 1. The van der Waals surface area contributed by atoms with E-state index in [0.717, 1.165) is 30.3 Å². The third-order valence-corrected chi connectivity index (χ3v) is 4.39. The topological polar surface area (TPSA) is 79.9 Å². The maximum absolute atomic E-state index is 13.4. The van der Waals surface area contributed by atoms with Gasteiger partial charge in [0.15, 0.2) is 5.69 Å². The van der Waals surface area contributed by atoms with Crippen LogP contribution in [0.3, 0.4) is 0 Å². The highest BCUT2D eigenvalue weighted by Gasteiger charge is 2.19. The summed E-state index contributed by atoms with van der Waals surface area (Å²) in [7, 11) is 0. The van der Waals surface area contributed by atoms with E-state index in [9.17, 15) is 9.18 Å². The Bertz CT molecular complexity index is 918. The van der Waals surface area contributed by atoms with Gasteiger partial charge < -0.3 is 10.1 Å². The Morgan fingerprint density at radius 3 is 3.04 bits per heavy atom. The number of ether oxygens (including phenoxy) is 1. The molecule has 1 saturated heterocycles. The van der Waals surface area contributed by atoms with Gasteiger partial charge in [0, 0.05) is 36.2 Å². The largest absolute Gasteiger partial charge is 0.381 e. The van der Waals surface area contributed by atoms with Crippen molar-refractivity contribution in [3.05, 3.63) is 48.2 Å². The number of nitrogens with zero attached hydrogens (tertiary/aromatic N) is 2. The number of pyridine rings is 1. The number of carbonyl (C=O) groups excluding carboxylic acids is 1. The number of aromatic nitrogens is 3. The van der Waals surface area contributed by atoms with Crippen LogP contribution in [0.1, 0.15) is 16.9 Å². The van der Waals surface area contributed by atoms with Gasteiger partial charge in [0.25, 0.3) is 5.91 Å². The number of halogens is 1. The molecule has 1 aromatic carbocycles. The van der Waals surface area contributed by atoms with Crippen LogP contribution in [0.15, 0.2) is 36.7 Å². The Morgan fingerprint density at radius 1 is 1.32 bits per heavy atom. The van der Waals surface area contributed by atoms with Gasteiger partial charge in [-0.25, -0.2) is 4.39 Å². The Kier molecular flexibility index (Phi) is 4.15. The van der Waals surface area contributed by atoms with Gasteiger partial charge in [-0.2, -0.15) is 5.10 Å². The molecule has 2 N–H and O–H groups in total. The zero-order valence-electron chi connectivity index (χ0n) is 13.5. The number of H-pyrrole nitrogens is 1. The standard InChI is InChI=1S/C18H17FN4O2/c19-14-5-13(8-20-9-14)12-1-2-16-15(6-12)17(23-22-16)18(24)21-7-11-3-4-25-10-11/h1-2,5-6,8-9,11H,3-4,7,10H2,(H,21,24)(H,22,23). The summed E-state index contributed by atoms with van der Waals surface area (Å²) < 4.78 is 18.7. The number of amides is 1. The molecule has 1 aliphatic heterocycles. The molecule has 3 heterocycles. The lowest BCUT2D eigenvalue weighted by molar-refractivity contribution is 0.0941. The van der Waals surface area contributed by atoms with Crippen LogP contribution >= 0.6 is 0 Å². The number of rotatable bonds is 4. The second-order valence-corrected chi connectivity index (χ2v) is 6.16. The molecule has 1 aliphatic rings. The summed E-state index contributed by atoms with van der Waals surface area (Å²) in [4.78, 5) is 16.3. The highest BCUT2D eigenvalue weighted by Crippen LogP contribution is 2.25. The number of nitrogens with one attached hydrogen (secondary N) is 2. The molecule has 25 heavy (non-hydrogen) atoms. The van der Waals surface area contributed by atoms with Crippen LogP contribution < -0.4 is 5.32 Å². The fraction of sp³-hybridized carbons (Fsp3) is 0.278. The third-order valence-electron chi connectivity index (χ3n) is 4.39. The van der Waals surface area contributed by atoms with E-state index in [1.165, 1.54) is 6.07 Å². The molecular formula is C18H17FN4O2. The predicted molar refractivity (Wildman–Crippen MR) is 90.5 cm³/mol. The van der Waals surface area contributed by atoms with Crippen LogP contribution in [0.25, 0.3) is 22.0 Å². The van der Waals surface area contributed by atoms with Crippen molar-refractivity contribution in [2.24, 2.45) is 5.92 Å². The molecule has 1 unspecified atom stereocenters. The smallest absolute Gasteiger partial charge is 0.272 e. The maximum Gasteiger partial charge on any atom is 0.272 e. The van der Waals surface area contributed by atoms with E-state index in [1.54, 1.807) is 6.20 Å². The van der Waals surface area contributed by atoms with Crippen LogP contribution in [0, 0.1) is 11.7 Å². The first-order valence-corrected chi connectivity index (χ1v) is 8.16. The van der Waals surface area contributed by atoms with Gasteiger partial charge in [0.05, 0.1) is 18.3 Å². The third kappa shape index (κ3) is 3.23. The molecule has 0 saturated carbocycles. The molecular weight excluding hydrogens is 323 g/mol. The van der Waals surface area contributed by atoms with Crippen LogP contribution in [-0.2, 0) is 4.74 Å². The van der Waals surface area contributed by atoms with Crippen molar-refractivity contribution in [1.29, 1.82) is 0 Å². The van der Waals surface area contributed by atoms with Crippen LogP contribution in [0.2, 0.25) is 0 Å². The molecule has 0 radical (unpaired) electrons. The van der Waals surface area contributed by atoms with E-state index >= 15 is 0 Å². The van der Waals surface area contributed by atoms with Crippen molar-refractivity contribution in [2.45, 2.75) is 6.42 Å². The highest BCUT2D eigenvalue weighted by molar-refractivity contribution is 6.05. The van der Waals surface area contributed by atoms with Crippen molar-refractivity contribution in [3.8, 4) is 11.1 Å². The molecule has 128 valence electrons. The van der Waals surface area contributed by atoms with Crippen LogP contribution in [0.4, 0.5) is 4.39 Å². The number of fused-ring (bicyclic) bond motifs is 1. The van der Waals surface area contributed by atoms with Gasteiger partial charge in [0.2, 0.25) is 0 Å². The lowest BCUT2D eigenvalue weighted by Gasteiger charge is -2.08. The Hall–Kier alpha value is -2.80. The van der Waals surface area contributed by atoms with E-state index in [0.29, 0.717) is 35.7 Å². The average molecular weight is 340 g/mol. The quantitative estimate of drug-likeness (QED) is 0.765. The predicted octanol–water partition coefficient (Wildman–Crippen LogP) is 2.53. The first kappa shape index (κ1) is 15.7. The number of hydrogen-bond acceptors (Lipinski definition) is 4. The van der Waals surface area contributed by atoms with Crippen LogP contribution in [0.5, 0.6) is 0 Å². The van der Waals surface area contributed by atoms with Gasteiger partial charge in [0.1, 0.15) is 5.82 Å². The fourth-order valence-electron chi connectivity index (χ4n) is 3.00. The maximum atomic E-state index is 13.4. The summed E-state index contributed by atoms with van der Waals surface area (Å²) in [6.07, 6.45) is 3.70. The summed E-state index contributed by atoms with van der Waals surface area (Å²) in [5.74, 6) is -0.280. The van der Waals surface area contributed by atoms with E-state index in [-0.39, 0.29) is 5.91 Å². The molecule has 6 nitrogen and oxygen atoms in total. The van der Waals surface area contributed by atoms with Crippen molar-refractivity contribution in [1.82, 2.24) is 20.5 Å². The molecule has 1 atom stereocenters. The lowest BCUT2D eigenvalue weighted by Crippen LogP contribution is -2.29. The molecule has 3 aromatic rings. The first-order valence-electron chi connectivity index (χ1n) is 8.16. The van der Waals surface area contributed by atoms with E-state index in [2.05, 4.69) is 20.5 Å². The van der Waals surface area contributed by atoms with Gasteiger partial charge in [-0.15, -0.1) is 0 Å². The zero-order chi connectivity index (χ0) is 17.2. The number of hydrogen-bond donors (Lipinski definition) is 2. The molecule has 1 fully saturated rings. The van der Waals surface area contributed by atoms with E-state index < -0.39 is 5.82 Å². The molecule has 0 aliphatic carbocycles. The second kappa shape index (κ2) is 6.60. The summed E-state index contributed by atoms with van der Waals surface area (Å²) in [5.41, 5.74) is 2.51. The minimum Gasteiger partial charge on any atom is -0.381 e. The van der Waals surface area contributed by atoms with Gasteiger partial charge in [-0.3, -0.25) is 14.9 Å². The summed E-state index contributed by atoms with van der Waals surface area (Å²) in [5, 5.41) is 10.6. The molecule has 0 spiro atoms. The van der Waals surface area contributed by atoms with Crippen molar-refractivity contribution in [3.63, 3.8) is 0 Å². The van der Waals surface area contributed by atoms with Gasteiger partial charge in [-0.05, 0) is 30.2 Å². The number of aromatic amines is 1. The van der Waals surface area contributed by atoms with Gasteiger partial charge >= 0.3 is 0 Å². The summed E-state index contributed by atoms with van der Waals surface area (Å²) in [6, 6.07) is 6.90. The molecule has 2 aromatic heterocycles. The first-order chi connectivity index (χ1) is 12.2. The minimum atomic E-state index is -0.401. The Labute approximate surface area is 143 Å². The summed E-state index contributed by atoms with van der Waals surface area (Å²) in [6.45, 7) is 2.00. The van der Waals surface area contributed by atoms with E-state index in [1.807, 2.05) is 18.2 Å².